The van der Waals surface area contributed by atoms with Crippen LogP contribution in [0, 0.1) is 52.0 Å². The van der Waals surface area contributed by atoms with Crippen molar-refractivity contribution >= 4 is 17.1 Å². The molecule has 0 atom stereocenters. The molecule has 40 heavy (non-hydrogen) atoms. The Hall–Kier alpha value is -2.03. The van der Waals surface area contributed by atoms with Gasteiger partial charge >= 0.3 is 17.1 Å². The first-order valence-electron chi connectivity index (χ1n) is 10.9. The van der Waals surface area contributed by atoms with Crippen LogP contribution in [-0.4, -0.2) is 62.2 Å². The Morgan fingerprint density at radius 2 is 1.20 bits per heavy atom. The standard InChI is InChI=1S/C16H26N6O4.C2H3N.2ClHO4.Cu/c23-21(24)14-3-4-15(16(13-14)22(25)26)20-11-2-7-18-9-8-17-5-1-6-19-10-12-20;1-2-3;2*2-1(3,4)5;/h3-4,13,17-19H,1-2,5-12H2;1H3;2*(H,2,3,4,5);/q;;;;+2/p-2. The predicted molar refractivity (Wildman–Crippen MR) is 111 cm³/mol. The zero-order valence-electron chi connectivity index (χ0n) is 21.0. The maximum absolute atomic E-state index is 11.4. The first-order valence-corrected chi connectivity index (χ1v) is 13.3. The predicted octanol–water partition coefficient (Wildman–Crippen LogP) is -8.11. The summed E-state index contributed by atoms with van der Waals surface area (Å²) in [4.78, 5) is 23.1. The molecule has 0 spiro atoms. The molecule has 0 aromatic heterocycles. The fourth-order valence-electron chi connectivity index (χ4n) is 2.89. The first kappa shape index (κ1) is 42.4. The van der Waals surface area contributed by atoms with Gasteiger partial charge in [0, 0.05) is 45.7 Å². The number of nitrogens with one attached hydrogen (secondary N) is 3. The van der Waals surface area contributed by atoms with Gasteiger partial charge in [0.2, 0.25) is 0 Å². The molecule has 1 saturated heterocycles. The molecule has 1 heterocycles. The van der Waals surface area contributed by atoms with Crippen molar-refractivity contribution < 1.29 is 84.7 Å². The Kier molecular flexibility index (Phi) is 25.1. The van der Waals surface area contributed by atoms with Gasteiger partial charge in [0.25, 0.3) is 11.4 Å². The molecule has 1 aromatic carbocycles. The van der Waals surface area contributed by atoms with Crippen LogP contribution in [0.1, 0.15) is 19.8 Å². The van der Waals surface area contributed by atoms with Crippen molar-refractivity contribution in [2.45, 2.75) is 19.8 Å². The molecular formula is C18H29Cl2CuN7O12. The number of halogens is 2. The molecule has 233 valence electrons. The molecule has 2 rings (SSSR count). The number of hydrogen-bond acceptors (Lipinski definition) is 17. The minimum absolute atomic E-state index is 0. The zero-order chi connectivity index (χ0) is 30.5. The number of benzene rings is 1. The van der Waals surface area contributed by atoms with Gasteiger partial charge in [0.05, 0.1) is 22.0 Å². The fraction of sp³-hybridized carbons (Fsp3) is 0.611. The van der Waals surface area contributed by atoms with Crippen molar-refractivity contribution in [1.29, 1.82) is 5.26 Å². The topological polar surface area (TPSA) is 334 Å². The van der Waals surface area contributed by atoms with Crippen molar-refractivity contribution in [2.24, 2.45) is 0 Å². The van der Waals surface area contributed by atoms with E-state index < -0.39 is 30.3 Å². The third kappa shape index (κ3) is 29.0. The number of anilines is 1. The average molecular weight is 670 g/mol. The maximum atomic E-state index is 11.4. The summed E-state index contributed by atoms with van der Waals surface area (Å²) in [6, 6.07) is 5.60. The molecule has 19 nitrogen and oxygen atoms in total. The van der Waals surface area contributed by atoms with E-state index in [0.717, 1.165) is 51.6 Å². The van der Waals surface area contributed by atoms with Crippen molar-refractivity contribution in [3.8, 4) is 6.07 Å². The largest absolute Gasteiger partial charge is 2.00 e. The Labute approximate surface area is 244 Å². The summed E-state index contributed by atoms with van der Waals surface area (Å²) in [5, 5.41) is 39.7. The van der Waals surface area contributed by atoms with Crippen LogP contribution in [0.5, 0.6) is 0 Å². The minimum Gasteiger partial charge on any atom is -0.365 e. The first-order chi connectivity index (χ1) is 18.0. The van der Waals surface area contributed by atoms with E-state index in [9.17, 15) is 20.2 Å². The molecule has 1 fully saturated rings. The molecule has 0 aliphatic carbocycles. The van der Waals surface area contributed by atoms with E-state index in [1.807, 2.05) is 4.90 Å². The normalized spacial score (nSPS) is 14.9. The molecule has 3 N–H and O–H groups in total. The van der Waals surface area contributed by atoms with E-state index in [1.165, 1.54) is 19.1 Å². The monoisotopic (exact) mass is 668 g/mol. The van der Waals surface area contributed by atoms with E-state index in [1.54, 1.807) is 6.07 Å². The van der Waals surface area contributed by atoms with E-state index in [-0.39, 0.29) is 28.4 Å². The van der Waals surface area contributed by atoms with Gasteiger partial charge in [-0.2, -0.15) is 5.26 Å². The second-order valence-electron chi connectivity index (χ2n) is 7.11. The molecule has 1 aromatic rings. The number of rotatable bonds is 3. The molecule has 22 heteroatoms. The van der Waals surface area contributed by atoms with Crippen LogP contribution in [-0.2, 0) is 17.1 Å². The molecule has 1 aliphatic rings. The van der Waals surface area contributed by atoms with Gasteiger partial charge in [-0.05, 0) is 38.5 Å². The van der Waals surface area contributed by atoms with E-state index in [4.69, 9.17) is 42.5 Å². The summed E-state index contributed by atoms with van der Waals surface area (Å²) < 4.78 is 67.9. The Bertz CT molecular complexity index is 850. The number of nitro groups is 2. The Morgan fingerprint density at radius 3 is 1.62 bits per heavy atom. The third-order valence-corrected chi connectivity index (χ3v) is 4.23. The summed E-state index contributed by atoms with van der Waals surface area (Å²) in [7, 11) is -9.89. The van der Waals surface area contributed by atoms with Crippen LogP contribution in [0.3, 0.4) is 0 Å². The van der Waals surface area contributed by atoms with Crippen molar-refractivity contribution in [2.75, 3.05) is 57.3 Å². The SMILES string of the molecule is CC#N.O=[N+]([O-])c1ccc(N2CCCNCCNCCCNCC2)c([N+](=O)[O-])c1.[Cu+2].[O-][Cl+3]([O-])([O-])[O-].[O-][Cl+3]([O-])([O-])[O-]. The maximum Gasteiger partial charge on any atom is 2.00 e. The van der Waals surface area contributed by atoms with Gasteiger partial charge in [0.1, 0.15) is 5.69 Å². The number of hydrogen-bond donors (Lipinski definition) is 3. The second-order valence-corrected chi connectivity index (χ2v) is 8.62. The smallest absolute Gasteiger partial charge is 0.365 e. The number of nitrogens with zero attached hydrogens (tertiary/aromatic N) is 4. The molecular weight excluding hydrogens is 641 g/mol. The van der Waals surface area contributed by atoms with Crippen LogP contribution in [0.2, 0.25) is 0 Å². The molecule has 0 bridgehead atoms. The zero-order valence-corrected chi connectivity index (χ0v) is 23.5. The van der Waals surface area contributed by atoms with Crippen LogP contribution < -0.4 is 58.1 Å². The Morgan fingerprint density at radius 1 is 0.775 bits per heavy atom. The number of nitro benzene ring substituents is 2. The van der Waals surface area contributed by atoms with Crippen molar-refractivity contribution in [3.63, 3.8) is 0 Å². The summed E-state index contributed by atoms with van der Waals surface area (Å²) >= 11 is 0. The summed E-state index contributed by atoms with van der Waals surface area (Å²) in [6.45, 7) is 7.80. The van der Waals surface area contributed by atoms with Gasteiger partial charge in [-0.15, -0.1) is 20.5 Å². The van der Waals surface area contributed by atoms with E-state index >= 15 is 0 Å². The van der Waals surface area contributed by atoms with Crippen LogP contribution >= 0.6 is 0 Å². The van der Waals surface area contributed by atoms with Gasteiger partial charge in [-0.1, -0.05) is 0 Å². The number of nitriles is 1. The van der Waals surface area contributed by atoms with Crippen molar-refractivity contribution in [3.05, 3.63) is 38.4 Å². The minimum atomic E-state index is -4.94. The quantitative estimate of drug-likeness (QED) is 0.153. The molecule has 0 unspecified atom stereocenters. The molecule has 1 aliphatic heterocycles. The molecule has 0 amide bonds. The van der Waals surface area contributed by atoms with Crippen LogP contribution in [0.15, 0.2) is 18.2 Å². The Balaban J connectivity index is -0.000000818. The summed E-state index contributed by atoms with van der Waals surface area (Å²) in [6.07, 6.45) is 1.84. The molecule has 1 radical (unpaired) electrons. The van der Waals surface area contributed by atoms with Crippen LogP contribution in [0.4, 0.5) is 17.1 Å². The van der Waals surface area contributed by atoms with Gasteiger partial charge in [0.15, 0.2) is 0 Å². The molecule has 0 saturated carbocycles. The van der Waals surface area contributed by atoms with Gasteiger partial charge in [-0.3, -0.25) is 20.2 Å². The van der Waals surface area contributed by atoms with Gasteiger partial charge < -0.3 is 20.9 Å². The third-order valence-electron chi connectivity index (χ3n) is 4.23. The van der Waals surface area contributed by atoms with E-state index in [0.29, 0.717) is 25.3 Å². The fourth-order valence-corrected chi connectivity index (χ4v) is 2.89. The second kappa shape index (κ2) is 23.7. The van der Waals surface area contributed by atoms with Crippen molar-refractivity contribution in [1.82, 2.24) is 16.0 Å². The van der Waals surface area contributed by atoms with E-state index in [2.05, 4.69) is 16.0 Å². The summed E-state index contributed by atoms with van der Waals surface area (Å²) in [5.74, 6) is 0. The van der Waals surface area contributed by atoms with Crippen LogP contribution in [0.25, 0.3) is 0 Å². The van der Waals surface area contributed by atoms with Gasteiger partial charge in [-0.25, -0.2) is 37.3 Å². The number of non-ortho nitro benzene ring substituents is 1. The summed E-state index contributed by atoms with van der Waals surface area (Å²) in [5.41, 5.74) is -0.0662. The average Bonchev–Trinajstić information content (AvgIpc) is 2.78.